The van der Waals surface area contributed by atoms with Gasteiger partial charge in [-0.2, -0.15) is 0 Å². The van der Waals surface area contributed by atoms with Gasteiger partial charge in [0.15, 0.2) is 0 Å². The molecule has 2 aromatic rings. The Balaban J connectivity index is 2.14. The van der Waals surface area contributed by atoms with E-state index in [1.165, 1.54) is 0 Å². The van der Waals surface area contributed by atoms with Gasteiger partial charge in [-0.05, 0) is 30.7 Å². The Hall–Kier alpha value is -2.43. The monoisotopic (exact) mass is 286 g/mol. The SMILES string of the molecule is CCC[C@@H](CC(=O)O)NC(=O)c1ccc2ncccc2c1. The van der Waals surface area contributed by atoms with Gasteiger partial charge in [0.25, 0.3) is 5.91 Å². The van der Waals surface area contributed by atoms with Gasteiger partial charge in [0, 0.05) is 23.2 Å². The molecule has 0 aliphatic heterocycles. The molecule has 0 aliphatic rings. The zero-order chi connectivity index (χ0) is 15.2. The number of carbonyl (C=O) groups is 2. The summed E-state index contributed by atoms with van der Waals surface area (Å²) in [6.45, 7) is 1.96. The lowest BCUT2D eigenvalue weighted by atomic mass is 10.1. The van der Waals surface area contributed by atoms with Gasteiger partial charge < -0.3 is 10.4 Å². The van der Waals surface area contributed by atoms with Crippen molar-refractivity contribution in [2.24, 2.45) is 0 Å². The van der Waals surface area contributed by atoms with Crippen LogP contribution in [-0.4, -0.2) is 28.0 Å². The molecule has 2 N–H and O–H groups in total. The fourth-order valence-electron chi connectivity index (χ4n) is 2.27. The van der Waals surface area contributed by atoms with Crippen LogP contribution in [0.4, 0.5) is 0 Å². The van der Waals surface area contributed by atoms with Gasteiger partial charge in [0.1, 0.15) is 0 Å². The third-order valence-corrected chi connectivity index (χ3v) is 3.26. The number of aromatic nitrogens is 1. The van der Waals surface area contributed by atoms with E-state index in [-0.39, 0.29) is 18.4 Å². The van der Waals surface area contributed by atoms with Crippen molar-refractivity contribution in [3.05, 3.63) is 42.1 Å². The molecular formula is C16H18N2O3. The van der Waals surface area contributed by atoms with Crippen LogP contribution in [0.15, 0.2) is 36.5 Å². The van der Waals surface area contributed by atoms with Crippen molar-refractivity contribution in [2.45, 2.75) is 32.2 Å². The topological polar surface area (TPSA) is 79.3 Å². The minimum atomic E-state index is -0.906. The quantitative estimate of drug-likeness (QED) is 0.855. The number of pyridine rings is 1. The third kappa shape index (κ3) is 4.02. The number of rotatable bonds is 6. The lowest BCUT2D eigenvalue weighted by Crippen LogP contribution is -2.36. The molecule has 0 unspecified atom stereocenters. The summed E-state index contributed by atoms with van der Waals surface area (Å²) in [5.41, 5.74) is 1.34. The maximum absolute atomic E-state index is 12.2. The van der Waals surface area contributed by atoms with Crippen LogP contribution in [0.1, 0.15) is 36.5 Å². The van der Waals surface area contributed by atoms with Crippen LogP contribution in [0.3, 0.4) is 0 Å². The fraction of sp³-hybridized carbons (Fsp3) is 0.312. The Bertz CT molecular complexity index is 655. The smallest absolute Gasteiger partial charge is 0.305 e. The van der Waals surface area contributed by atoms with Gasteiger partial charge in [0.05, 0.1) is 11.9 Å². The minimum Gasteiger partial charge on any atom is -0.481 e. The Morgan fingerprint density at radius 1 is 1.33 bits per heavy atom. The van der Waals surface area contributed by atoms with E-state index in [4.69, 9.17) is 5.11 Å². The molecule has 0 saturated heterocycles. The number of aliphatic carboxylic acids is 1. The molecule has 5 heteroatoms. The lowest BCUT2D eigenvalue weighted by Gasteiger charge is -2.16. The zero-order valence-corrected chi connectivity index (χ0v) is 11.9. The molecule has 0 bridgehead atoms. The molecule has 0 spiro atoms. The molecule has 0 fully saturated rings. The van der Waals surface area contributed by atoms with Crippen LogP contribution in [0.5, 0.6) is 0 Å². The highest BCUT2D eigenvalue weighted by Crippen LogP contribution is 2.14. The number of carboxylic acids is 1. The van der Waals surface area contributed by atoms with Gasteiger partial charge >= 0.3 is 5.97 Å². The van der Waals surface area contributed by atoms with Crippen LogP contribution >= 0.6 is 0 Å². The highest BCUT2D eigenvalue weighted by molar-refractivity contribution is 5.98. The molecule has 2 rings (SSSR count). The van der Waals surface area contributed by atoms with E-state index in [1.54, 1.807) is 24.4 Å². The first-order valence-electron chi connectivity index (χ1n) is 6.97. The van der Waals surface area contributed by atoms with Crippen molar-refractivity contribution in [1.29, 1.82) is 0 Å². The number of fused-ring (bicyclic) bond motifs is 1. The van der Waals surface area contributed by atoms with E-state index in [1.807, 2.05) is 19.1 Å². The van der Waals surface area contributed by atoms with Crippen LogP contribution in [0, 0.1) is 0 Å². The van der Waals surface area contributed by atoms with E-state index >= 15 is 0 Å². The average Bonchev–Trinajstić information content (AvgIpc) is 2.46. The Morgan fingerprint density at radius 2 is 2.14 bits per heavy atom. The number of benzene rings is 1. The first-order chi connectivity index (χ1) is 10.1. The van der Waals surface area contributed by atoms with Crippen LogP contribution in [0.25, 0.3) is 10.9 Å². The molecule has 0 aliphatic carbocycles. The second-order valence-corrected chi connectivity index (χ2v) is 4.97. The van der Waals surface area contributed by atoms with E-state index in [9.17, 15) is 9.59 Å². The van der Waals surface area contributed by atoms with Crippen LogP contribution in [-0.2, 0) is 4.79 Å². The molecule has 1 atom stereocenters. The number of carboxylic acid groups (broad SMARTS) is 1. The first-order valence-corrected chi connectivity index (χ1v) is 6.97. The summed E-state index contributed by atoms with van der Waals surface area (Å²) in [6.07, 6.45) is 3.11. The van der Waals surface area contributed by atoms with Crippen molar-refractivity contribution in [3.63, 3.8) is 0 Å². The van der Waals surface area contributed by atoms with Crippen LogP contribution < -0.4 is 5.32 Å². The normalized spacial score (nSPS) is 12.0. The van der Waals surface area contributed by atoms with Gasteiger partial charge in [-0.1, -0.05) is 19.4 Å². The molecule has 0 radical (unpaired) electrons. The summed E-state index contributed by atoms with van der Waals surface area (Å²) in [6, 6.07) is 8.62. The van der Waals surface area contributed by atoms with Gasteiger partial charge in [-0.3, -0.25) is 14.6 Å². The Kier molecular flexibility index (Phi) is 4.87. The second kappa shape index (κ2) is 6.83. The molecule has 1 amide bonds. The highest BCUT2D eigenvalue weighted by Gasteiger charge is 2.16. The Morgan fingerprint density at radius 3 is 2.86 bits per heavy atom. The van der Waals surface area contributed by atoms with E-state index in [2.05, 4.69) is 10.3 Å². The number of hydrogen-bond donors (Lipinski definition) is 2. The lowest BCUT2D eigenvalue weighted by molar-refractivity contribution is -0.137. The number of amides is 1. The molecule has 1 heterocycles. The fourth-order valence-corrected chi connectivity index (χ4v) is 2.27. The minimum absolute atomic E-state index is 0.0608. The molecule has 1 aromatic heterocycles. The molecule has 21 heavy (non-hydrogen) atoms. The van der Waals surface area contributed by atoms with Gasteiger partial charge in [0.2, 0.25) is 0 Å². The summed E-state index contributed by atoms with van der Waals surface area (Å²) < 4.78 is 0. The summed E-state index contributed by atoms with van der Waals surface area (Å²) in [7, 11) is 0. The number of nitrogens with one attached hydrogen (secondary N) is 1. The summed E-state index contributed by atoms with van der Waals surface area (Å²) in [4.78, 5) is 27.3. The predicted octanol–water partition coefficient (Wildman–Crippen LogP) is 2.61. The summed E-state index contributed by atoms with van der Waals surface area (Å²) >= 11 is 0. The maximum Gasteiger partial charge on any atom is 0.305 e. The van der Waals surface area contributed by atoms with Crippen molar-refractivity contribution in [3.8, 4) is 0 Å². The number of carbonyl (C=O) groups excluding carboxylic acids is 1. The number of nitrogens with zero attached hydrogens (tertiary/aromatic N) is 1. The van der Waals surface area contributed by atoms with Crippen molar-refractivity contribution >= 4 is 22.8 Å². The van der Waals surface area contributed by atoms with E-state index < -0.39 is 5.97 Å². The van der Waals surface area contributed by atoms with Gasteiger partial charge in [-0.25, -0.2) is 0 Å². The molecule has 110 valence electrons. The van der Waals surface area contributed by atoms with Crippen molar-refractivity contribution in [2.75, 3.05) is 0 Å². The second-order valence-electron chi connectivity index (χ2n) is 4.97. The first kappa shape index (κ1) is 15.0. The largest absolute Gasteiger partial charge is 0.481 e. The van der Waals surface area contributed by atoms with E-state index in [0.29, 0.717) is 12.0 Å². The molecule has 0 saturated carbocycles. The third-order valence-electron chi connectivity index (χ3n) is 3.26. The average molecular weight is 286 g/mol. The molecule has 1 aromatic carbocycles. The Labute approximate surface area is 123 Å². The van der Waals surface area contributed by atoms with Crippen LogP contribution in [0.2, 0.25) is 0 Å². The maximum atomic E-state index is 12.2. The standard InChI is InChI=1S/C16H18N2O3/c1-2-4-13(10-15(19)20)18-16(21)12-6-7-14-11(9-12)5-3-8-17-14/h3,5-9,13H,2,4,10H2,1H3,(H,18,21)(H,19,20)/t13-/m0/s1. The summed E-state index contributed by atoms with van der Waals surface area (Å²) in [5.74, 6) is -1.16. The van der Waals surface area contributed by atoms with Gasteiger partial charge in [-0.15, -0.1) is 0 Å². The van der Waals surface area contributed by atoms with Crippen molar-refractivity contribution < 1.29 is 14.7 Å². The molecule has 5 nitrogen and oxygen atoms in total. The zero-order valence-electron chi connectivity index (χ0n) is 11.9. The van der Waals surface area contributed by atoms with E-state index in [0.717, 1.165) is 17.3 Å². The highest BCUT2D eigenvalue weighted by atomic mass is 16.4. The predicted molar refractivity (Wildman–Crippen MR) is 80.2 cm³/mol. The van der Waals surface area contributed by atoms with Crippen molar-refractivity contribution in [1.82, 2.24) is 10.3 Å². The summed E-state index contributed by atoms with van der Waals surface area (Å²) in [5, 5.41) is 12.6. The number of hydrogen-bond acceptors (Lipinski definition) is 3. The molecular weight excluding hydrogens is 268 g/mol.